The molecule has 0 aliphatic carbocycles. The number of nitrogens with two attached hydrogens (primary N) is 1. The zero-order valence-electron chi connectivity index (χ0n) is 16.1. The molecule has 3 rings (SSSR count). The summed E-state index contributed by atoms with van der Waals surface area (Å²) >= 11 is 1.41. The van der Waals surface area contributed by atoms with Gasteiger partial charge < -0.3 is 10.6 Å². The molecule has 1 atom stereocenters. The molecule has 27 heavy (non-hydrogen) atoms. The second-order valence-electron chi connectivity index (χ2n) is 7.23. The third-order valence-electron chi connectivity index (χ3n) is 4.83. The van der Waals surface area contributed by atoms with Crippen LogP contribution in [-0.2, 0) is 0 Å². The van der Waals surface area contributed by atoms with Gasteiger partial charge in [0, 0.05) is 25.0 Å². The Kier molecular flexibility index (Phi) is 5.62. The average Bonchev–Trinajstić information content (AvgIpc) is 3.20. The third-order valence-corrected chi connectivity index (χ3v) is 5.93. The molecule has 0 aliphatic rings. The Morgan fingerprint density at radius 3 is 2.63 bits per heavy atom. The topological polar surface area (TPSA) is 64.2 Å². The molecule has 0 saturated heterocycles. The number of aromatic nitrogens is 2. The quantitative estimate of drug-likeness (QED) is 0.695. The van der Waals surface area contributed by atoms with Crippen LogP contribution in [0.1, 0.15) is 35.6 Å². The van der Waals surface area contributed by atoms with Crippen molar-refractivity contribution in [3.8, 4) is 5.69 Å². The van der Waals surface area contributed by atoms with Gasteiger partial charge in [0.2, 0.25) is 0 Å². The lowest BCUT2D eigenvalue weighted by atomic mass is 10.0. The van der Waals surface area contributed by atoms with Crippen LogP contribution in [0.15, 0.2) is 30.3 Å². The van der Waals surface area contributed by atoms with Gasteiger partial charge in [-0.3, -0.25) is 4.79 Å². The number of fused-ring (bicyclic) bond motifs is 1. The fourth-order valence-corrected chi connectivity index (χ4v) is 4.05. The molecule has 0 radical (unpaired) electrons. The number of rotatable bonds is 6. The summed E-state index contributed by atoms with van der Waals surface area (Å²) in [5.41, 5.74) is 7.70. The van der Waals surface area contributed by atoms with Crippen molar-refractivity contribution in [3.63, 3.8) is 0 Å². The Bertz CT molecular complexity index is 945. The monoisotopic (exact) mass is 388 g/mol. The maximum atomic E-state index is 13.2. The Morgan fingerprint density at radius 1 is 1.33 bits per heavy atom. The fraction of sp³-hybridized carbons (Fsp3) is 0.400. The van der Waals surface area contributed by atoms with Crippen molar-refractivity contribution in [2.45, 2.75) is 33.2 Å². The number of amides is 1. The predicted octanol–water partition coefficient (Wildman–Crippen LogP) is 3.98. The summed E-state index contributed by atoms with van der Waals surface area (Å²) in [6.07, 6.45) is 0.771. The van der Waals surface area contributed by atoms with Crippen LogP contribution in [0.4, 0.5) is 4.39 Å². The van der Waals surface area contributed by atoms with E-state index in [-0.39, 0.29) is 17.8 Å². The zero-order chi connectivity index (χ0) is 19.7. The van der Waals surface area contributed by atoms with E-state index in [9.17, 15) is 9.18 Å². The molecule has 0 bridgehead atoms. The second-order valence-corrected chi connectivity index (χ2v) is 8.26. The minimum atomic E-state index is -0.290. The van der Waals surface area contributed by atoms with Crippen LogP contribution in [0.3, 0.4) is 0 Å². The molecule has 144 valence electrons. The minimum Gasteiger partial charge on any atom is -0.341 e. The molecule has 5 nitrogen and oxygen atoms in total. The number of nitrogens with zero attached hydrogens (tertiary/aromatic N) is 3. The normalized spacial score (nSPS) is 12.7. The van der Waals surface area contributed by atoms with Gasteiger partial charge in [-0.05, 0) is 49.6 Å². The third kappa shape index (κ3) is 4.04. The molecule has 0 saturated carbocycles. The number of hydrogen-bond donors (Lipinski definition) is 1. The molecule has 0 spiro atoms. The highest BCUT2D eigenvalue weighted by Gasteiger charge is 2.20. The number of halogens is 1. The van der Waals surface area contributed by atoms with Gasteiger partial charge in [0.25, 0.3) is 5.91 Å². The van der Waals surface area contributed by atoms with Gasteiger partial charge in [0.15, 0.2) is 0 Å². The number of aryl methyl sites for hydroxylation is 1. The summed E-state index contributed by atoms with van der Waals surface area (Å²) in [7, 11) is 1.80. The van der Waals surface area contributed by atoms with Crippen LogP contribution in [0.5, 0.6) is 0 Å². The van der Waals surface area contributed by atoms with Crippen molar-refractivity contribution in [3.05, 3.63) is 46.7 Å². The van der Waals surface area contributed by atoms with Gasteiger partial charge in [-0.25, -0.2) is 9.07 Å². The molecule has 1 amide bonds. The van der Waals surface area contributed by atoms with Crippen molar-refractivity contribution in [1.29, 1.82) is 0 Å². The van der Waals surface area contributed by atoms with E-state index in [1.807, 2.05) is 13.0 Å². The van der Waals surface area contributed by atoms with E-state index in [4.69, 9.17) is 5.73 Å². The fourth-order valence-electron chi connectivity index (χ4n) is 2.88. The maximum absolute atomic E-state index is 13.2. The number of benzene rings is 1. The standard InChI is InChI=1S/C20H25FN4OS/c1-12(2)17(22)9-10-24(4)19(26)18-11-16-13(3)23-25(20(16)27-18)15-7-5-14(21)6-8-15/h5-8,11-12,17H,9-10,22H2,1-4H3. The average molecular weight is 389 g/mol. The molecule has 2 N–H and O–H groups in total. The molecule has 2 heterocycles. The largest absolute Gasteiger partial charge is 0.341 e. The molecule has 2 aromatic heterocycles. The Hall–Kier alpha value is -2.25. The number of carbonyl (C=O) groups is 1. The summed E-state index contributed by atoms with van der Waals surface area (Å²) in [4.78, 5) is 16.1. The van der Waals surface area contributed by atoms with E-state index < -0.39 is 0 Å². The smallest absolute Gasteiger partial charge is 0.263 e. The first-order chi connectivity index (χ1) is 12.8. The summed E-state index contributed by atoms with van der Waals surface area (Å²) in [6, 6.07) is 8.15. The van der Waals surface area contributed by atoms with Crippen LogP contribution in [0, 0.1) is 18.7 Å². The Labute approximate surface area is 162 Å². The first kappa shape index (κ1) is 19.5. The number of carbonyl (C=O) groups excluding carboxylic acids is 1. The van der Waals surface area contributed by atoms with Crippen molar-refractivity contribution in [2.24, 2.45) is 11.7 Å². The number of thiophene rings is 1. The van der Waals surface area contributed by atoms with Crippen molar-refractivity contribution >= 4 is 27.5 Å². The van der Waals surface area contributed by atoms with Gasteiger partial charge >= 0.3 is 0 Å². The highest BCUT2D eigenvalue weighted by Crippen LogP contribution is 2.31. The van der Waals surface area contributed by atoms with Crippen molar-refractivity contribution in [1.82, 2.24) is 14.7 Å². The summed E-state index contributed by atoms with van der Waals surface area (Å²) in [5.74, 6) is 0.0848. The highest BCUT2D eigenvalue weighted by atomic mass is 32.1. The molecule has 3 aromatic rings. The molecule has 0 aliphatic heterocycles. The van der Waals surface area contributed by atoms with Gasteiger partial charge in [-0.1, -0.05) is 13.8 Å². The first-order valence-corrected chi connectivity index (χ1v) is 9.85. The minimum absolute atomic E-state index is 0.0165. The maximum Gasteiger partial charge on any atom is 0.263 e. The van der Waals surface area contributed by atoms with E-state index in [2.05, 4.69) is 18.9 Å². The Morgan fingerprint density at radius 2 is 2.00 bits per heavy atom. The van der Waals surface area contributed by atoms with Gasteiger partial charge in [0.1, 0.15) is 10.6 Å². The van der Waals surface area contributed by atoms with Crippen LogP contribution >= 0.6 is 11.3 Å². The second kappa shape index (κ2) is 7.78. The molecular weight excluding hydrogens is 363 g/mol. The van der Waals surface area contributed by atoms with Crippen molar-refractivity contribution < 1.29 is 9.18 Å². The highest BCUT2D eigenvalue weighted by molar-refractivity contribution is 7.20. The lowest BCUT2D eigenvalue weighted by Crippen LogP contribution is -2.34. The lowest BCUT2D eigenvalue weighted by Gasteiger charge is -2.21. The lowest BCUT2D eigenvalue weighted by molar-refractivity contribution is 0.0794. The molecule has 7 heteroatoms. The van der Waals surface area contributed by atoms with E-state index >= 15 is 0 Å². The van der Waals surface area contributed by atoms with Gasteiger partial charge in [-0.2, -0.15) is 5.10 Å². The van der Waals surface area contributed by atoms with Crippen LogP contribution in [0.25, 0.3) is 15.9 Å². The van der Waals surface area contributed by atoms with Crippen LogP contribution in [0.2, 0.25) is 0 Å². The molecular formula is C20H25FN4OS. The van der Waals surface area contributed by atoms with E-state index in [1.165, 1.54) is 23.5 Å². The summed E-state index contributed by atoms with van der Waals surface area (Å²) < 4.78 is 15.0. The number of hydrogen-bond acceptors (Lipinski definition) is 4. The van der Waals surface area contributed by atoms with E-state index in [0.29, 0.717) is 17.3 Å². The van der Waals surface area contributed by atoms with E-state index in [0.717, 1.165) is 28.0 Å². The summed E-state index contributed by atoms with van der Waals surface area (Å²) in [5, 5.41) is 5.48. The first-order valence-electron chi connectivity index (χ1n) is 9.04. The zero-order valence-corrected chi connectivity index (χ0v) is 16.9. The van der Waals surface area contributed by atoms with Gasteiger partial charge in [-0.15, -0.1) is 11.3 Å². The van der Waals surface area contributed by atoms with Crippen LogP contribution in [-0.4, -0.2) is 40.2 Å². The van der Waals surface area contributed by atoms with Crippen molar-refractivity contribution in [2.75, 3.05) is 13.6 Å². The summed E-state index contributed by atoms with van der Waals surface area (Å²) in [6.45, 7) is 6.70. The molecule has 0 fully saturated rings. The SMILES string of the molecule is Cc1nn(-c2ccc(F)cc2)c2sc(C(=O)N(C)CCC(N)C(C)C)cc12. The predicted molar refractivity (Wildman–Crippen MR) is 108 cm³/mol. The van der Waals surface area contributed by atoms with Gasteiger partial charge in [0.05, 0.1) is 16.3 Å². The van der Waals surface area contributed by atoms with Crippen LogP contribution < -0.4 is 5.73 Å². The molecule has 1 unspecified atom stereocenters. The molecule has 1 aromatic carbocycles. The Balaban J connectivity index is 1.85. The van der Waals surface area contributed by atoms with E-state index in [1.54, 1.807) is 28.8 Å².